The Morgan fingerprint density at radius 2 is 0.891 bits per heavy atom. The number of hydrogen-bond acceptors (Lipinski definition) is 7. The molecule has 7 nitrogen and oxygen atoms in total. The molecule has 7 heteroatoms. The van der Waals surface area contributed by atoms with Crippen molar-refractivity contribution >= 4 is 0 Å². The fourth-order valence-electron chi connectivity index (χ4n) is 5.62. The van der Waals surface area contributed by atoms with Gasteiger partial charge < -0.3 is 4.74 Å². The van der Waals surface area contributed by atoms with E-state index in [-0.39, 0.29) is 0 Å². The van der Waals surface area contributed by atoms with Crippen LogP contribution in [0.3, 0.4) is 0 Å². The van der Waals surface area contributed by atoms with E-state index in [4.69, 9.17) is 4.74 Å². The number of pyridine rings is 4. The maximum Gasteiger partial charge on any atom is 0.119 e. The Labute approximate surface area is 274 Å². The second-order valence-corrected chi connectivity index (χ2v) is 11.8. The minimum atomic E-state index is 0.723. The maximum absolute atomic E-state index is 6.42. The molecule has 0 saturated heterocycles. The van der Waals surface area contributed by atoms with E-state index >= 15 is 0 Å². The fraction of sp³-hybridized carbons (Fsp3) is 0.333. The molecule has 0 spiro atoms. The number of rotatable bonds is 19. The normalized spacial score (nSPS) is 11.3. The second kappa shape index (κ2) is 18.5. The van der Waals surface area contributed by atoms with Gasteiger partial charge in [0.15, 0.2) is 0 Å². The summed E-state index contributed by atoms with van der Waals surface area (Å²) in [7, 11) is 0. The van der Waals surface area contributed by atoms with Gasteiger partial charge in [0.25, 0.3) is 0 Å². The van der Waals surface area contributed by atoms with Crippen molar-refractivity contribution in [1.29, 1.82) is 0 Å². The van der Waals surface area contributed by atoms with Crippen molar-refractivity contribution in [2.75, 3.05) is 6.61 Å². The molecule has 0 atom stereocenters. The first-order valence-corrected chi connectivity index (χ1v) is 16.5. The average Bonchev–Trinajstić information content (AvgIpc) is 3.08. The molecular formula is C39H46N6O. The highest BCUT2D eigenvalue weighted by atomic mass is 16.5. The van der Waals surface area contributed by atoms with E-state index in [0.29, 0.717) is 0 Å². The molecule has 0 aliphatic heterocycles. The standard InChI is InChI=1S/C39H46N6O/c1-2-3-4-5-14-23-46-39-25-33(27-44(29-35-15-6-10-19-40-35)30-36-16-7-11-20-41-36)24-34(26-39)28-45(31-37-17-8-12-21-42-37)32-38-18-9-13-22-43-38/h6-13,15-22,24-26H,2-5,14,23,27-32H2,1H3. The van der Waals surface area contributed by atoms with Crippen LogP contribution in [-0.2, 0) is 39.3 Å². The topological polar surface area (TPSA) is 67.3 Å². The lowest BCUT2D eigenvalue weighted by Gasteiger charge is -2.25. The van der Waals surface area contributed by atoms with Gasteiger partial charge in [0.1, 0.15) is 5.75 Å². The van der Waals surface area contributed by atoms with Crippen LogP contribution in [0.2, 0.25) is 0 Å². The van der Waals surface area contributed by atoms with E-state index in [1.807, 2.05) is 73.3 Å². The minimum Gasteiger partial charge on any atom is -0.494 e. The molecule has 0 amide bonds. The molecule has 0 bridgehead atoms. The Morgan fingerprint density at radius 3 is 1.26 bits per heavy atom. The number of benzene rings is 1. The van der Waals surface area contributed by atoms with Crippen molar-refractivity contribution in [3.05, 3.63) is 150 Å². The van der Waals surface area contributed by atoms with Gasteiger partial charge in [0.2, 0.25) is 0 Å². The zero-order valence-electron chi connectivity index (χ0n) is 27.0. The summed E-state index contributed by atoms with van der Waals surface area (Å²) in [5.74, 6) is 0.925. The van der Waals surface area contributed by atoms with Crippen LogP contribution in [0.25, 0.3) is 0 Å². The van der Waals surface area contributed by atoms with Crippen LogP contribution in [0.1, 0.15) is 72.9 Å². The summed E-state index contributed by atoms with van der Waals surface area (Å²) in [6.45, 7) is 7.36. The molecule has 0 unspecified atom stereocenters. The third-order valence-electron chi connectivity index (χ3n) is 7.80. The van der Waals surface area contributed by atoms with Crippen LogP contribution >= 0.6 is 0 Å². The smallest absolute Gasteiger partial charge is 0.119 e. The third-order valence-corrected chi connectivity index (χ3v) is 7.80. The van der Waals surface area contributed by atoms with Gasteiger partial charge in [-0.25, -0.2) is 0 Å². The van der Waals surface area contributed by atoms with Crippen LogP contribution in [-0.4, -0.2) is 36.3 Å². The summed E-state index contributed by atoms with van der Waals surface area (Å²) in [4.78, 5) is 23.3. The Bertz CT molecular complexity index is 1350. The molecule has 5 rings (SSSR count). The highest BCUT2D eigenvalue weighted by molar-refractivity contribution is 5.35. The van der Waals surface area contributed by atoms with Crippen molar-refractivity contribution in [2.45, 2.75) is 78.3 Å². The first-order chi connectivity index (χ1) is 22.7. The highest BCUT2D eigenvalue weighted by Crippen LogP contribution is 2.23. The first-order valence-electron chi connectivity index (χ1n) is 16.5. The summed E-state index contributed by atoms with van der Waals surface area (Å²) in [5, 5.41) is 0. The molecule has 4 aromatic heterocycles. The summed E-state index contributed by atoms with van der Waals surface area (Å²) in [6.07, 6.45) is 13.5. The molecule has 5 aromatic rings. The highest BCUT2D eigenvalue weighted by Gasteiger charge is 2.15. The number of ether oxygens (including phenoxy) is 1. The predicted octanol–water partition coefficient (Wildman–Crippen LogP) is 8.02. The lowest BCUT2D eigenvalue weighted by Crippen LogP contribution is -2.25. The fourth-order valence-corrected chi connectivity index (χ4v) is 5.62. The molecule has 0 aliphatic rings. The van der Waals surface area contributed by atoms with E-state index in [9.17, 15) is 0 Å². The molecule has 0 aliphatic carbocycles. The predicted molar refractivity (Wildman–Crippen MR) is 184 cm³/mol. The van der Waals surface area contributed by atoms with Crippen molar-refractivity contribution in [1.82, 2.24) is 29.7 Å². The van der Waals surface area contributed by atoms with Crippen LogP contribution in [0.5, 0.6) is 5.75 Å². The van der Waals surface area contributed by atoms with E-state index in [2.05, 4.69) is 79.1 Å². The van der Waals surface area contributed by atoms with Crippen molar-refractivity contribution in [3.8, 4) is 5.75 Å². The van der Waals surface area contributed by atoms with Crippen molar-refractivity contribution in [2.24, 2.45) is 0 Å². The molecular weight excluding hydrogens is 568 g/mol. The van der Waals surface area contributed by atoms with Gasteiger partial charge in [0, 0.05) is 64.1 Å². The molecule has 1 aromatic carbocycles. The number of aromatic nitrogens is 4. The van der Waals surface area contributed by atoms with Crippen LogP contribution in [0, 0.1) is 0 Å². The van der Waals surface area contributed by atoms with Gasteiger partial charge in [-0.05, 0) is 78.2 Å². The van der Waals surface area contributed by atoms with E-state index < -0.39 is 0 Å². The van der Waals surface area contributed by atoms with Crippen molar-refractivity contribution in [3.63, 3.8) is 0 Å². The van der Waals surface area contributed by atoms with E-state index in [1.165, 1.54) is 36.8 Å². The van der Waals surface area contributed by atoms with Crippen LogP contribution < -0.4 is 4.74 Å². The summed E-state index contributed by atoms with van der Waals surface area (Å²) in [6, 6.07) is 31.1. The Kier molecular flexibility index (Phi) is 13.2. The van der Waals surface area contributed by atoms with Crippen LogP contribution in [0.4, 0.5) is 0 Å². The average molecular weight is 615 g/mol. The number of nitrogens with zero attached hydrogens (tertiary/aromatic N) is 6. The second-order valence-electron chi connectivity index (χ2n) is 11.8. The summed E-state index contributed by atoms with van der Waals surface area (Å²) in [5.41, 5.74) is 6.57. The monoisotopic (exact) mass is 614 g/mol. The zero-order chi connectivity index (χ0) is 31.7. The molecule has 0 radical (unpaired) electrons. The Hall–Kier alpha value is -4.46. The van der Waals surface area contributed by atoms with Gasteiger partial charge in [-0.3, -0.25) is 29.7 Å². The van der Waals surface area contributed by atoms with Gasteiger partial charge in [-0.1, -0.05) is 62.9 Å². The molecule has 238 valence electrons. The first kappa shape index (κ1) is 32.9. The Morgan fingerprint density at radius 1 is 0.478 bits per heavy atom. The third kappa shape index (κ3) is 11.5. The number of hydrogen-bond donors (Lipinski definition) is 0. The van der Waals surface area contributed by atoms with Crippen LogP contribution in [0.15, 0.2) is 116 Å². The van der Waals surface area contributed by atoms with E-state index in [0.717, 1.165) is 80.8 Å². The molecule has 0 fully saturated rings. The SMILES string of the molecule is CCCCCCCOc1cc(CN(Cc2ccccn2)Cc2ccccn2)cc(CN(Cc2ccccn2)Cc2ccccn2)c1. The van der Waals surface area contributed by atoms with Gasteiger partial charge in [-0.2, -0.15) is 0 Å². The summed E-state index contributed by atoms with van der Waals surface area (Å²) >= 11 is 0. The number of unbranched alkanes of at least 4 members (excludes halogenated alkanes) is 4. The molecule has 4 heterocycles. The maximum atomic E-state index is 6.42. The summed E-state index contributed by atoms with van der Waals surface area (Å²) < 4.78 is 6.42. The van der Waals surface area contributed by atoms with Gasteiger partial charge in [-0.15, -0.1) is 0 Å². The largest absolute Gasteiger partial charge is 0.494 e. The van der Waals surface area contributed by atoms with E-state index in [1.54, 1.807) is 0 Å². The quantitative estimate of drug-likeness (QED) is 0.0873. The molecule has 0 saturated carbocycles. The Balaban J connectivity index is 1.39. The van der Waals surface area contributed by atoms with Gasteiger partial charge >= 0.3 is 0 Å². The zero-order valence-corrected chi connectivity index (χ0v) is 27.0. The lowest BCUT2D eigenvalue weighted by molar-refractivity contribution is 0.236. The van der Waals surface area contributed by atoms with Crippen molar-refractivity contribution < 1.29 is 4.74 Å². The molecule has 0 N–H and O–H groups in total. The minimum absolute atomic E-state index is 0.723. The lowest BCUT2D eigenvalue weighted by atomic mass is 10.1. The van der Waals surface area contributed by atoms with Gasteiger partial charge in [0.05, 0.1) is 29.4 Å². The molecule has 46 heavy (non-hydrogen) atoms.